The van der Waals surface area contributed by atoms with E-state index in [1.807, 2.05) is 6.92 Å². The molecule has 2 rings (SSSR count). The highest BCUT2D eigenvalue weighted by atomic mass is 35.5. The number of likely N-dealkylation sites (N-methyl/N-ethyl adjacent to an activating group) is 1. The molecule has 1 aliphatic rings. The molecule has 0 amide bonds. The lowest BCUT2D eigenvalue weighted by molar-refractivity contribution is -0.0117. The van der Waals surface area contributed by atoms with Gasteiger partial charge >= 0.3 is 0 Å². The lowest BCUT2D eigenvalue weighted by Gasteiger charge is -2.30. The summed E-state index contributed by atoms with van der Waals surface area (Å²) in [6.45, 7) is 5.27. The molecule has 1 fully saturated rings. The Balaban J connectivity index is 1.88. The third kappa shape index (κ3) is 3.80. The van der Waals surface area contributed by atoms with E-state index in [1.54, 1.807) is 6.07 Å². The van der Waals surface area contributed by atoms with Crippen molar-refractivity contribution in [1.82, 2.24) is 14.9 Å². The van der Waals surface area contributed by atoms with Gasteiger partial charge in [0.05, 0.1) is 12.7 Å². The van der Waals surface area contributed by atoms with Gasteiger partial charge in [-0.15, -0.1) is 0 Å². The van der Waals surface area contributed by atoms with Crippen LogP contribution in [0, 0.1) is 6.92 Å². The average Bonchev–Trinajstić information content (AvgIpc) is 2.25. The van der Waals surface area contributed by atoms with E-state index in [-0.39, 0.29) is 6.10 Å². The number of halogens is 1. The maximum Gasteiger partial charge on any atom is 0.134 e. The van der Waals surface area contributed by atoms with Crippen molar-refractivity contribution in [2.24, 2.45) is 0 Å². The minimum absolute atomic E-state index is 0.197. The van der Waals surface area contributed by atoms with Crippen LogP contribution in [-0.2, 0) is 4.74 Å². The number of nitrogens with zero attached hydrogens (tertiary/aromatic N) is 3. The van der Waals surface area contributed by atoms with Crippen LogP contribution in [-0.4, -0.2) is 54.3 Å². The molecular formula is C11H17ClN4O. The van der Waals surface area contributed by atoms with Crippen molar-refractivity contribution >= 4 is 17.4 Å². The van der Waals surface area contributed by atoms with Crippen LogP contribution in [0.3, 0.4) is 0 Å². The molecule has 1 N–H and O–H groups in total. The standard InChI is InChI=1S/C11H17ClN4O/c1-8-14-10(12)5-11(15-8)13-6-9-7-16(2)3-4-17-9/h5,9H,3-4,6-7H2,1-2H3,(H,13,14,15). The molecule has 2 heterocycles. The van der Waals surface area contributed by atoms with Gasteiger partial charge in [-0.3, -0.25) is 0 Å². The van der Waals surface area contributed by atoms with Gasteiger partial charge in [-0.05, 0) is 14.0 Å². The predicted molar refractivity (Wildman–Crippen MR) is 67.5 cm³/mol. The van der Waals surface area contributed by atoms with Gasteiger partial charge in [0.2, 0.25) is 0 Å². The van der Waals surface area contributed by atoms with E-state index < -0.39 is 0 Å². The van der Waals surface area contributed by atoms with Crippen LogP contribution in [0.15, 0.2) is 6.07 Å². The first-order valence-electron chi connectivity index (χ1n) is 5.68. The van der Waals surface area contributed by atoms with E-state index in [4.69, 9.17) is 16.3 Å². The molecule has 0 radical (unpaired) electrons. The lowest BCUT2D eigenvalue weighted by Crippen LogP contribution is -2.43. The second-order valence-corrected chi connectivity index (χ2v) is 4.65. The van der Waals surface area contributed by atoms with Gasteiger partial charge in [-0.2, -0.15) is 0 Å². The Bertz CT molecular complexity index is 367. The van der Waals surface area contributed by atoms with E-state index >= 15 is 0 Å². The van der Waals surface area contributed by atoms with Crippen molar-refractivity contribution in [3.63, 3.8) is 0 Å². The van der Waals surface area contributed by atoms with Crippen molar-refractivity contribution in [1.29, 1.82) is 0 Å². The molecule has 1 atom stereocenters. The molecule has 17 heavy (non-hydrogen) atoms. The summed E-state index contributed by atoms with van der Waals surface area (Å²) in [5.74, 6) is 1.42. The Labute approximate surface area is 106 Å². The van der Waals surface area contributed by atoms with Crippen LogP contribution in [0.25, 0.3) is 0 Å². The van der Waals surface area contributed by atoms with Crippen LogP contribution < -0.4 is 5.32 Å². The molecule has 1 saturated heterocycles. The summed E-state index contributed by atoms with van der Waals surface area (Å²) in [5, 5.41) is 3.69. The fraction of sp³-hybridized carbons (Fsp3) is 0.636. The van der Waals surface area contributed by atoms with Crippen molar-refractivity contribution in [2.75, 3.05) is 38.6 Å². The molecule has 0 bridgehead atoms. The average molecular weight is 257 g/mol. The second-order valence-electron chi connectivity index (χ2n) is 4.26. The highest BCUT2D eigenvalue weighted by Crippen LogP contribution is 2.12. The van der Waals surface area contributed by atoms with Gasteiger partial charge < -0.3 is 15.0 Å². The maximum absolute atomic E-state index is 5.86. The quantitative estimate of drug-likeness (QED) is 0.823. The van der Waals surface area contributed by atoms with E-state index in [1.165, 1.54) is 0 Å². The van der Waals surface area contributed by atoms with Crippen molar-refractivity contribution < 1.29 is 4.74 Å². The first-order valence-corrected chi connectivity index (χ1v) is 6.06. The number of anilines is 1. The van der Waals surface area contributed by atoms with E-state index in [2.05, 4.69) is 27.2 Å². The van der Waals surface area contributed by atoms with Crippen LogP contribution in [0.4, 0.5) is 5.82 Å². The second kappa shape index (κ2) is 5.62. The molecule has 0 aliphatic carbocycles. The molecule has 0 aromatic carbocycles. The van der Waals surface area contributed by atoms with Crippen molar-refractivity contribution in [3.05, 3.63) is 17.0 Å². The third-order valence-electron chi connectivity index (χ3n) is 2.66. The third-order valence-corrected chi connectivity index (χ3v) is 2.85. The minimum atomic E-state index is 0.197. The van der Waals surface area contributed by atoms with Crippen LogP contribution in [0.5, 0.6) is 0 Å². The summed E-state index contributed by atoms with van der Waals surface area (Å²) in [7, 11) is 2.10. The Morgan fingerprint density at radius 1 is 1.59 bits per heavy atom. The van der Waals surface area contributed by atoms with Gasteiger partial charge in [-0.1, -0.05) is 11.6 Å². The van der Waals surface area contributed by atoms with Crippen LogP contribution in [0.1, 0.15) is 5.82 Å². The summed E-state index contributed by atoms with van der Waals surface area (Å²) in [5.41, 5.74) is 0. The Morgan fingerprint density at radius 3 is 3.12 bits per heavy atom. The van der Waals surface area contributed by atoms with Crippen LogP contribution >= 0.6 is 11.6 Å². The number of hydrogen-bond acceptors (Lipinski definition) is 5. The fourth-order valence-corrected chi connectivity index (χ4v) is 2.06. The first kappa shape index (κ1) is 12.5. The zero-order chi connectivity index (χ0) is 12.3. The maximum atomic E-state index is 5.86. The van der Waals surface area contributed by atoms with Gasteiger partial charge in [0.1, 0.15) is 16.8 Å². The molecule has 1 aromatic heterocycles. The Kier molecular flexibility index (Phi) is 4.15. The first-order chi connectivity index (χ1) is 8.13. The Hall–Kier alpha value is -0.910. The monoisotopic (exact) mass is 256 g/mol. The fourth-order valence-electron chi connectivity index (χ4n) is 1.83. The van der Waals surface area contributed by atoms with Crippen molar-refractivity contribution in [2.45, 2.75) is 13.0 Å². The Morgan fingerprint density at radius 2 is 2.41 bits per heavy atom. The van der Waals surface area contributed by atoms with E-state index in [9.17, 15) is 0 Å². The molecule has 6 heteroatoms. The summed E-state index contributed by atoms with van der Waals surface area (Å²) in [6, 6.07) is 1.72. The summed E-state index contributed by atoms with van der Waals surface area (Å²) < 4.78 is 5.65. The number of aromatic nitrogens is 2. The predicted octanol–water partition coefficient (Wildman–Crippen LogP) is 1.18. The highest BCUT2D eigenvalue weighted by Gasteiger charge is 2.17. The number of ether oxygens (including phenoxy) is 1. The summed E-state index contributed by atoms with van der Waals surface area (Å²) in [4.78, 5) is 10.5. The van der Waals surface area contributed by atoms with Crippen LogP contribution in [0.2, 0.25) is 5.15 Å². The molecule has 1 aromatic rings. The number of rotatable bonds is 3. The minimum Gasteiger partial charge on any atom is -0.374 e. The van der Waals surface area contributed by atoms with Crippen molar-refractivity contribution in [3.8, 4) is 0 Å². The largest absolute Gasteiger partial charge is 0.374 e. The van der Waals surface area contributed by atoms with E-state index in [0.29, 0.717) is 11.0 Å². The van der Waals surface area contributed by atoms with Gasteiger partial charge in [0, 0.05) is 25.7 Å². The number of aryl methyl sites for hydroxylation is 1. The molecule has 94 valence electrons. The number of morpholine rings is 1. The molecule has 1 unspecified atom stereocenters. The number of nitrogens with one attached hydrogen (secondary N) is 1. The SMILES string of the molecule is Cc1nc(Cl)cc(NCC2CN(C)CCO2)n1. The normalized spacial score (nSPS) is 21.5. The lowest BCUT2D eigenvalue weighted by atomic mass is 10.3. The van der Waals surface area contributed by atoms with Gasteiger partial charge in [0.15, 0.2) is 0 Å². The van der Waals surface area contributed by atoms with E-state index in [0.717, 1.165) is 32.1 Å². The summed E-state index contributed by atoms with van der Waals surface area (Å²) >= 11 is 5.86. The zero-order valence-corrected chi connectivity index (χ0v) is 10.9. The molecule has 1 aliphatic heterocycles. The van der Waals surface area contributed by atoms with Gasteiger partial charge in [-0.25, -0.2) is 9.97 Å². The van der Waals surface area contributed by atoms with Gasteiger partial charge in [0.25, 0.3) is 0 Å². The molecule has 0 spiro atoms. The topological polar surface area (TPSA) is 50.3 Å². The molecule has 5 nitrogen and oxygen atoms in total. The molecule has 0 saturated carbocycles. The highest BCUT2D eigenvalue weighted by molar-refractivity contribution is 6.29. The number of hydrogen-bond donors (Lipinski definition) is 1. The summed E-state index contributed by atoms with van der Waals surface area (Å²) in [6.07, 6.45) is 0.197. The molecular weight excluding hydrogens is 240 g/mol. The smallest absolute Gasteiger partial charge is 0.134 e. The zero-order valence-electron chi connectivity index (χ0n) is 10.1.